The summed E-state index contributed by atoms with van der Waals surface area (Å²) in [5, 5.41) is 9.22. The molecule has 1 fully saturated rings. The van der Waals surface area contributed by atoms with Gasteiger partial charge in [-0.25, -0.2) is 0 Å². The number of ether oxygens (including phenoxy) is 1. The average Bonchev–Trinajstić information content (AvgIpc) is 2.93. The summed E-state index contributed by atoms with van der Waals surface area (Å²) < 4.78 is 10.9. The van der Waals surface area contributed by atoms with E-state index in [2.05, 4.69) is 11.8 Å². The van der Waals surface area contributed by atoms with Gasteiger partial charge in [-0.1, -0.05) is 0 Å². The molecular weight excluding hydrogens is 246 g/mol. The van der Waals surface area contributed by atoms with Crippen molar-refractivity contribution in [2.24, 2.45) is 5.92 Å². The van der Waals surface area contributed by atoms with Crippen LogP contribution < -0.4 is 0 Å². The summed E-state index contributed by atoms with van der Waals surface area (Å²) in [6.07, 6.45) is 0. The van der Waals surface area contributed by atoms with Crippen molar-refractivity contribution in [2.75, 3.05) is 20.3 Å². The molecule has 3 atom stereocenters. The Bertz CT molecular complexity index is 468. The highest BCUT2D eigenvalue weighted by atomic mass is 16.5. The van der Waals surface area contributed by atoms with Gasteiger partial charge < -0.3 is 14.3 Å². The van der Waals surface area contributed by atoms with Crippen LogP contribution in [0.2, 0.25) is 0 Å². The number of rotatable bonds is 4. The van der Waals surface area contributed by atoms with Crippen molar-refractivity contribution in [1.82, 2.24) is 4.90 Å². The van der Waals surface area contributed by atoms with Crippen LogP contribution in [0.4, 0.5) is 0 Å². The molecule has 1 aromatic heterocycles. The van der Waals surface area contributed by atoms with E-state index in [1.165, 1.54) is 0 Å². The highest BCUT2D eigenvalue weighted by molar-refractivity contribution is 5.71. The van der Waals surface area contributed by atoms with Gasteiger partial charge in [0, 0.05) is 17.6 Å². The van der Waals surface area contributed by atoms with E-state index >= 15 is 0 Å². The fourth-order valence-electron chi connectivity index (χ4n) is 2.75. The molecule has 0 saturated carbocycles. The van der Waals surface area contributed by atoms with Crippen LogP contribution in [-0.2, 0) is 9.53 Å². The number of aliphatic carboxylic acids is 1. The smallest absolute Gasteiger partial charge is 0.310 e. The third-order valence-electron chi connectivity index (χ3n) is 4.03. The summed E-state index contributed by atoms with van der Waals surface area (Å²) in [5.41, 5.74) is 1.11. The zero-order chi connectivity index (χ0) is 14.2. The number of furan rings is 1. The first-order chi connectivity index (χ1) is 8.91. The second-order valence-corrected chi connectivity index (χ2v) is 5.26. The number of aryl methyl sites for hydroxylation is 2. The molecule has 0 aromatic carbocycles. The Morgan fingerprint density at radius 3 is 2.68 bits per heavy atom. The van der Waals surface area contributed by atoms with Gasteiger partial charge in [0.1, 0.15) is 11.5 Å². The van der Waals surface area contributed by atoms with Crippen molar-refractivity contribution in [2.45, 2.75) is 32.9 Å². The number of nitrogens with zero attached hydrogens (tertiary/aromatic N) is 1. The van der Waals surface area contributed by atoms with Crippen LogP contribution in [0.15, 0.2) is 10.5 Å². The van der Waals surface area contributed by atoms with Gasteiger partial charge in [0.05, 0.1) is 19.1 Å². The molecule has 0 amide bonds. The Kier molecular flexibility index (Phi) is 3.96. The maximum absolute atomic E-state index is 11.2. The fraction of sp³-hybridized carbons (Fsp3) is 0.643. The fourth-order valence-corrected chi connectivity index (χ4v) is 2.75. The summed E-state index contributed by atoms with van der Waals surface area (Å²) in [6, 6.07) is 2.02. The number of hydrogen-bond donors (Lipinski definition) is 1. The van der Waals surface area contributed by atoms with Crippen molar-refractivity contribution in [1.29, 1.82) is 0 Å². The Labute approximate surface area is 113 Å². The van der Waals surface area contributed by atoms with Gasteiger partial charge in [-0.3, -0.25) is 9.69 Å². The minimum atomic E-state index is -0.790. The zero-order valence-corrected chi connectivity index (χ0v) is 11.8. The normalized spacial score (nSPS) is 24.9. The maximum atomic E-state index is 11.2. The number of hydrogen-bond acceptors (Lipinski definition) is 4. The van der Waals surface area contributed by atoms with Crippen molar-refractivity contribution >= 4 is 5.97 Å². The predicted molar refractivity (Wildman–Crippen MR) is 70.1 cm³/mol. The second-order valence-electron chi connectivity index (χ2n) is 5.26. The van der Waals surface area contributed by atoms with Gasteiger partial charge in [0.2, 0.25) is 0 Å². The number of carbonyl (C=O) groups is 1. The molecule has 0 radical (unpaired) electrons. The van der Waals surface area contributed by atoms with Gasteiger partial charge in [-0.2, -0.15) is 0 Å². The third kappa shape index (κ3) is 2.67. The molecule has 2 rings (SSSR count). The van der Waals surface area contributed by atoms with Gasteiger partial charge in [-0.05, 0) is 33.9 Å². The first-order valence-electron chi connectivity index (χ1n) is 6.51. The van der Waals surface area contributed by atoms with Gasteiger partial charge in [-0.15, -0.1) is 0 Å². The van der Waals surface area contributed by atoms with E-state index in [0.717, 1.165) is 17.1 Å². The van der Waals surface area contributed by atoms with Crippen molar-refractivity contribution in [3.05, 3.63) is 23.2 Å². The topological polar surface area (TPSA) is 62.9 Å². The SMILES string of the molecule is Cc1cc(C(C)N(C)C2COCC2C(=O)O)c(C)o1. The summed E-state index contributed by atoms with van der Waals surface area (Å²) in [4.78, 5) is 13.3. The molecule has 3 unspecified atom stereocenters. The van der Waals surface area contributed by atoms with E-state index in [9.17, 15) is 9.90 Å². The van der Waals surface area contributed by atoms with E-state index in [1.54, 1.807) is 0 Å². The van der Waals surface area contributed by atoms with Crippen LogP contribution in [0.25, 0.3) is 0 Å². The third-order valence-corrected chi connectivity index (χ3v) is 4.03. The first-order valence-corrected chi connectivity index (χ1v) is 6.51. The maximum Gasteiger partial charge on any atom is 0.310 e. The highest BCUT2D eigenvalue weighted by Crippen LogP contribution is 2.30. The molecule has 1 N–H and O–H groups in total. The molecule has 1 aromatic rings. The lowest BCUT2D eigenvalue weighted by Crippen LogP contribution is -2.42. The van der Waals surface area contributed by atoms with Crippen LogP contribution in [0.1, 0.15) is 30.0 Å². The van der Waals surface area contributed by atoms with Gasteiger partial charge in [0.25, 0.3) is 0 Å². The van der Waals surface area contributed by atoms with E-state index in [-0.39, 0.29) is 12.1 Å². The second kappa shape index (κ2) is 5.35. The lowest BCUT2D eigenvalue weighted by Gasteiger charge is -2.31. The van der Waals surface area contributed by atoms with Crippen LogP contribution >= 0.6 is 0 Å². The van der Waals surface area contributed by atoms with Crippen molar-refractivity contribution in [3.63, 3.8) is 0 Å². The van der Waals surface area contributed by atoms with Crippen LogP contribution in [-0.4, -0.2) is 42.3 Å². The molecule has 2 heterocycles. The molecule has 0 bridgehead atoms. The van der Waals surface area contributed by atoms with Crippen LogP contribution in [0, 0.1) is 19.8 Å². The molecule has 1 saturated heterocycles. The summed E-state index contributed by atoms with van der Waals surface area (Å²) in [5.74, 6) is 0.523. The Morgan fingerprint density at radius 1 is 1.47 bits per heavy atom. The van der Waals surface area contributed by atoms with Crippen molar-refractivity contribution < 1.29 is 19.1 Å². The van der Waals surface area contributed by atoms with E-state index in [4.69, 9.17) is 9.15 Å². The molecule has 0 spiro atoms. The first kappa shape index (κ1) is 14.1. The Hall–Kier alpha value is -1.33. The van der Waals surface area contributed by atoms with E-state index in [0.29, 0.717) is 13.2 Å². The molecule has 106 valence electrons. The largest absolute Gasteiger partial charge is 0.481 e. The van der Waals surface area contributed by atoms with Crippen molar-refractivity contribution in [3.8, 4) is 0 Å². The number of carboxylic acid groups (broad SMARTS) is 1. The number of likely N-dealkylation sites (N-methyl/N-ethyl adjacent to an activating group) is 1. The standard InChI is InChI=1S/C14H21NO4/c1-8-5-11(10(3)19-8)9(2)15(4)13-7-18-6-12(13)14(16)17/h5,9,12-13H,6-7H2,1-4H3,(H,16,17). The van der Waals surface area contributed by atoms with E-state index in [1.807, 2.05) is 27.0 Å². The minimum absolute atomic E-state index is 0.0953. The predicted octanol–water partition coefficient (Wildman–Crippen LogP) is 1.99. The monoisotopic (exact) mass is 267 g/mol. The zero-order valence-electron chi connectivity index (χ0n) is 11.8. The van der Waals surface area contributed by atoms with Crippen LogP contribution in [0.5, 0.6) is 0 Å². The molecule has 5 heteroatoms. The molecule has 1 aliphatic rings. The molecule has 1 aliphatic heterocycles. The van der Waals surface area contributed by atoms with Crippen LogP contribution in [0.3, 0.4) is 0 Å². The summed E-state index contributed by atoms with van der Waals surface area (Å²) in [7, 11) is 1.95. The molecule has 5 nitrogen and oxygen atoms in total. The number of carboxylic acids is 1. The minimum Gasteiger partial charge on any atom is -0.481 e. The molecule has 19 heavy (non-hydrogen) atoms. The van der Waals surface area contributed by atoms with Gasteiger partial charge >= 0.3 is 5.97 Å². The summed E-state index contributed by atoms with van der Waals surface area (Å²) in [6.45, 7) is 6.68. The molecule has 0 aliphatic carbocycles. The quantitative estimate of drug-likeness (QED) is 0.904. The highest BCUT2D eigenvalue weighted by Gasteiger charge is 2.38. The Morgan fingerprint density at radius 2 is 2.16 bits per heavy atom. The lowest BCUT2D eigenvalue weighted by atomic mass is 9.99. The Balaban J connectivity index is 2.17. The lowest BCUT2D eigenvalue weighted by molar-refractivity contribution is -0.143. The molecular formula is C14H21NO4. The van der Waals surface area contributed by atoms with E-state index < -0.39 is 11.9 Å². The summed E-state index contributed by atoms with van der Waals surface area (Å²) >= 11 is 0. The average molecular weight is 267 g/mol. The van der Waals surface area contributed by atoms with Gasteiger partial charge in [0.15, 0.2) is 0 Å².